The average Bonchev–Trinajstić information content (AvgIpc) is 3.08. The number of nitrogens with one attached hydrogen (secondary N) is 2. The first-order valence-electron chi connectivity index (χ1n) is 9.97. The number of nitrogens with zero attached hydrogens (tertiary/aromatic N) is 2. The minimum atomic E-state index is -0.464. The maximum atomic E-state index is 13.9. The van der Waals surface area contributed by atoms with Crippen molar-refractivity contribution in [3.8, 4) is 0 Å². The number of carbonyl (C=O) groups excluding carboxylic acids is 3. The molecule has 2 heterocycles. The van der Waals surface area contributed by atoms with E-state index in [2.05, 4.69) is 15.5 Å². The lowest BCUT2D eigenvalue weighted by Crippen LogP contribution is -2.47. The molecule has 4 amide bonds. The molecule has 7 nitrogen and oxygen atoms in total. The van der Waals surface area contributed by atoms with Gasteiger partial charge >= 0.3 is 6.03 Å². The third-order valence-electron chi connectivity index (χ3n) is 5.43. The molecule has 0 radical (unpaired) electrons. The molecule has 2 saturated heterocycles. The smallest absolute Gasteiger partial charge is 0.329 e. The normalized spacial score (nSPS) is 19.6. The fraction of sp³-hybridized carbons (Fsp3) is 0.318. The Bertz CT molecular complexity index is 963. The number of hydrogen-bond donors (Lipinski definition) is 2. The van der Waals surface area contributed by atoms with Crippen molar-refractivity contribution in [2.24, 2.45) is 0 Å². The quantitative estimate of drug-likeness (QED) is 0.741. The van der Waals surface area contributed by atoms with Gasteiger partial charge in [0.05, 0.1) is 0 Å². The summed E-state index contributed by atoms with van der Waals surface area (Å²) in [6, 6.07) is 12.9. The molecule has 0 unspecified atom stereocenters. The Morgan fingerprint density at radius 2 is 1.90 bits per heavy atom. The van der Waals surface area contributed by atoms with Crippen molar-refractivity contribution in [3.05, 3.63) is 65.5 Å². The van der Waals surface area contributed by atoms with Crippen LogP contribution in [0.4, 0.5) is 14.9 Å². The van der Waals surface area contributed by atoms with Crippen molar-refractivity contribution in [1.82, 2.24) is 15.5 Å². The minimum absolute atomic E-state index is 0.0142. The van der Waals surface area contributed by atoms with Crippen LogP contribution in [-0.4, -0.2) is 48.4 Å². The summed E-state index contributed by atoms with van der Waals surface area (Å²) in [5.41, 5.74) is 1.70. The maximum absolute atomic E-state index is 13.9. The Morgan fingerprint density at radius 3 is 2.60 bits per heavy atom. The molecular weight excluding hydrogens is 387 g/mol. The lowest BCUT2D eigenvalue weighted by Gasteiger charge is -2.33. The Balaban J connectivity index is 1.34. The monoisotopic (exact) mass is 410 g/mol. The second-order valence-corrected chi connectivity index (χ2v) is 7.63. The highest BCUT2D eigenvalue weighted by molar-refractivity contribution is 6.12. The maximum Gasteiger partial charge on any atom is 0.329 e. The van der Waals surface area contributed by atoms with Crippen LogP contribution in [-0.2, 0) is 11.3 Å². The van der Waals surface area contributed by atoms with E-state index < -0.39 is 6.03 Å². The van der Waals surface area contributed by atoms with Gasteiger partial charge in [0.1, 0.15) is 12.4 Å². The van der Waals surface area contributed by atoms with Gasteiger partial charge in [0, 0.05) is 35.9 Å². The van der Waals surface area contributed by atoms with E-state index in [1.54, 1.807) is 36.4 Å². The predicted octanol–water partition coefficient (Wildman–Crippen LogP) is 2.28. The van der Waals surface area contributed by atoms with Crippen LogP contribution in [0.2, 0.25) is 0 Å². The van der Waals surface area contributed by atoms with Crippen LogP contribution in [0.15, 0.2) is 48.5 Å². The number of piperidine rings is 1. The van der Waals surface area contributed by atoms with Crippen molar-refractivity contribution >= 4 is 23.5 Å². The van der Waals surface area contributed by atoms with Crippen molar-refractivity contribution in [1.29, 1.82) is 0 Å². The first-order chi connectivity index (χ1) is 14.5. The summed E-state index contributed by atoms with van der Waals surface area (Å²) in [5.74, 6) is -0.752. The van der Waals surface area contributed by atoms with E-state index >= 15 is 0 Å². The first kappa shape index (κ1) is 20.0. The Hall–Kier alpha value is -3.26. The highest BCUT2D eigenvalue weighted by Gasteiger charge is 2.28. The summed E-state index contributed by atoms with van der Waals surface area (Å²) >= 11 is 0. The highest BCUT2D eigenvalue weighted by Crippen LogP contribution is 2.19. The van der Waals surface area contributed by atoms with Crippen molar-refractivity contribution < 1.29 is 18.8 Å². The molecule has 4 rings (SSSR count). The summed E-state index contributed by atoms with van der Waals surface area (Å²) < 4.78 is 13.9. The molecular formula is C22H23FN4O3. The summed E-state index contributed by atoms with van der Waals surface area (Å²) in [6.45, 7) is 2.02. The molecule has 0 saturated carbocycles. The number of amides is 4. The molecule has 2 aromatic rings. The highest BCUT2D eigenvalue weighted by atomic mass is 19.1. The zero-order valence-electron chi connectivity index (χ0n) is 16.4. The van der Waals surface area contributed by atoms with Crippen LogP contribution in [0.1, 0.15) is 28.8 Å². The molecule has 2 N–H and O–H groups in total. The molecule has 0 bridgehead atoms. The number of carbonyl (C=O) groups is 3. The van der Waals surface area contributed by atoms with E-state index in [-0.39, 0.29) is 30.2 Å². The van der Waals surface area contributed by atoms with Gasteiger partial charge in [0.2, 0.25) is 5.91 Å². The summed E-state index contributed by atoms with van der Waals surface area (Å²) in [4.78, 5) is 39.2. The summed E-state index contributed by atoms with van der Waals surface area (Å²) in [7, 11) is 0. The van der Waals surface area contributed by atoms with E-state index in [4.69, 9.17) is 0 Å². The van der Waals surface area contributed by atoms with Crippen LogP contribution in [0.5, 0.6) is 0 Å². The Labute approximate surface area is 173 Å². The molecule has 0 aromatic heterocycles. The van der Waals surface area contributed by atoms with E-state index in [1.165, 1.54) is 11.0 Å². The largest absolute Gasteiger partial charge is 0.348 e. The number of urea groups is 1. The van der Waals surface area contributed by atoms with Crippen LogP contribution in [0.25, 0.3) is 0 Å². The van der Waals surface area contributed by atoms with Crippen LogP contribution >= 0.6 is 0 Å². The van der Waals surface area contributed by atoms with Gasteiger partial charge in [-0.25, -0.2) is 9.18 Å². The number of rotatable bonds is 5. The molecule has 0 spiro atoms. The van der Waals surface area contributed by atoms with E-state index in [0.717, 1.165) is 19.4 Å². The third-order valence-corrected chi connectivity index (χ3v) is 5.43. The first-order valence-corrected chi connectivity index (χ1v) is 9.97. The van der Waals surface area contributed by atoms with Crippen LogP contribution in [0, 0.1) is 5.82 Å². The predicted molar refractivity (Wildman–Crippen MR) is 109 cm³/mol. The lowest BCUT2D eigenvalue weighted by molar-refractivity contribution is -0.117. The zero-order chi connectivity index (χ0) is 21.1. The number of anilines is 1. The van der Waals surface area contributed by atoms with Crippen LogP contribution in [0.3, 0.4) is 0 Å². The number of imide groups is 1. The Kier molecular flexibility index (Phi) is 5.76. The number of hydrogen-bond acceptors (Lipinski definition) is 4. The van der Waals surface area contributed by atoms with Gasteiger partial charge in [-0.3, -0.25) is 24.7 Å². The van der Waals surface area contributed by atoms with Crippen molar-refractivity contribution in [2.75, 3.05) is 24.5 Å². The van der Waals surface area contributed by atoms with Gasteiger partial charge < -0.3 is 5.32 Å². The summed E-state index contributed by atoms with van der Waals surface area (Å²) in [5, 5.41) is 5.27. The van der Waals surface area contributed by atoms with Gasteiger partial charge in [0.25, 0.3) is 5.91 Å². The molecule has 2 aliphatic rings. The molecule has 0 aliphatic carbocycles. The Morgan fingerprint density at radius 1 is 1.13 bits per heavy atom. The topological polar surface area (TPSA) is 81.8 Å². The van der Waals surface area contributed by atoms with E-state index in [9.17, 15) is 18.8 Å². The molecule has 2 aromatic carbocycles. The zero-order valence-corrected chi connectivity index (χ0v) is 16.4. The van der Waals surface area contributed by atoms with E-state index in [1.807, 2.05) is 6.07 Å². The van der Waals surface area contributed by atoms with Crippen LogP contribution < -0.4 is 15.5 Å². The van der Waals surface area contributed by atoms with Crippen molar-refractivity contribution in [2.45, 2.75) is 25.4 Å². The van der Waals surface area contributed by atoms with Crippen molar-refractivity contribution in [3.63, 3.8) is 0 Å². The standard InChI is InChI=1S/C22H23FN4O3/c23-19-6-2-1-4-16(19)12-26-11-3-5-17(13-26)24-21(29)15-7-9-18(10-8-15)27-14-20(28)25-22(27)30/h1-2,4,6-10,17H,3,5,11-14H2,(H,24,29)(H,25,28,30)/t17-/m1/s1. The second kappa shape index (κ2) is 8.62. The van der Waals surface area contributed by atoms with Gasteiger partial charge in [0.15, 0.2) is 0 Å². The van der Waals surface area contributed by atoms with Gasteiger partial charge in [-0.2, -0.15) is 0 Å². The molecule has 2 aliphatic heterocycles. The fourth-order valence-electron chi connectivity index (χ4n) is 3.90. The molecule has 30 heavy (non-hydrogen) atoms. The fourth-order valence-corrected chi connectivity index (χ4v) is 3.90. The molecule has 8 heteroatoms. The lowest BCUT2D eigenvalue weighted by atomic mass is 10.0. The minimum Gasteiger partial charge on any atom is -0.348 e. The van der Waals surface area contributed by atoms with Gasteiger partial charge in [-0.05, 0) is 49.7 Å². The van der Waals surface area contributed by atoms with Gasteiger partial charge in [-0.1, -0.05) is 18.2 Å². The average molecular weight is 410 g/mol. The van der Waals surface area contributed by atoms with E-state index in [0.29, 0.717) is 29.9 Å². The number of halogens is 1. The molecule has 2 fully saturated rings. The third kappa shape index (κ3) is 4.49. The SMILES string of the molecule is O=C1CN(c2ccc(C(=O)N[C@@H]3CCCN(Cc4ccccc4F)C3)cc2)C(=O)N1. The summed E-state index contributed by atoms with van der Waals surface area (Å²) in [6.07, 6.45) is 1.80. The second-order valence-electron chi connectivity index (χ2n) is 7.63. The molecule has 156 valence electrons. The number of likely N-dealkylation sites (tertiary alicyclic amines) is 1. The number of benzene rings is 2. The molecule has 1 atom stereocenters. The van der Waals surface area contributed by atoms with Gasteiger partial charge in [-0.15, -0.1) is 0 Å².